The predicted octanol–water partition coefficient (Wildman–Crippen LogP) is 0.541. The third-order valence-electron chi connectivity index (χ3n) is 3.13. The summed E-state index contributed by atoms with van der Waals surface area (Å²) in [6, 6.07) is 1.78. The number of hydrogen-bond donors (Lipinski definition) is 2. The second-order valence-corrected chi connectivity index (χ2v) is 4.47. The van der Waals surface area contributed by atoms with Gasteiger partial charge in [-0.1, -0.05) is 6.42 Å². The zero-order valence-electron chi connectivity index (χ0n) is 9.73. The first-order valence-corrected chi connectivity index (χ1v) is 5.94. The van der Waals surface area contributed by atoms with Crippen LogP contribution in [0.4, 0.5) is 0 Å². The monoisotopic (exact) mass is 233 g/mol. The standard InChI is InChI=1S/C11H15N5O/c1-7-13-11-14-9(6-10(17)16(11)15-7)8-4-2-3-5-12-8/h6,8,12H,2-5H2,1H3,(H,13,14,15). The SMILES string of the molecule is Cc1nc2nc(C3CCCCN3)cc(=O)n2[nH]1. The fourth-order valence-corrected chi connectivity index (χ4v) is 2.29. The fourth-order valence-electron chi connectivity index (χ4n) is 2.29. The Bertz CT molecular complexity index is 593. The van der Waals surface area contributed by atoms with Crippen LogP contribution in [0.1, 0.15) is 36.8 Å². The average Bonchev–Trinajstić information content (AvgIpc) is 2.71. The van der Waals surface area contributed by atoms with Crippen molar-refractivity contribution in [3.63, 3.8) is 0 Å². The van der Waals surface area contributed by atoms with Crippen molar-refractivity contribution >= 4 is 5.78 Å². The molecule has 1 saturated heterocycles. The summed E-state index contributed by atoms with van der Waals surface area (Å²) in [5, 5.41) is 6.25. The van der Waals surface area contributed by atoms with Crippen LogP contribution in [0, 0.1) is 6.92 Å². The Morgan fingerprint density at radius 3 is 3.06 bits per heavy atom. The average molecular weight is 233 g/mol. The summed E-state index contributed by atoms with van der Waals surface area (Å²) in [7, 11) is 0. The first-order valence-electron chi connectivity index (χ1n) is 5.94. The molecule has 90 valence electrons. The molecule has 3 rings (SSSR count). The molecule has 2 aromatic heterocycles. The van der Waals surface area contributed by atoms with Crippen LogP contribution in [0.3, 0.4) is 0 Å². The minimum absolute atomic E-state index is 0.0991. The maximum Gasteiger partial charge on any atom is 0.274 e. The van der Waals surface area contributed by atoms with Gasteiger partial charge in [0, 0.05) is 12.1 Å². The maximum absolute atomic E-state index is 11.9. The van der Waals surface area contributed by atoms with Gasteiger partial charge in [-0.05, 0) is 26.3 Å². The summed E-state index contributed by atoms with van der Waals surface area (Å²) >= 11 is 0. The molecule has 6 heteroatoms. The number of aromatic amines is 1. The van der Waals surface area contributed by atoms with Gasteiger partial charge in [0.2, 0.25) is 0 Å². The number of H-pyrrole nitrogens is 1. The van der Waals surface area contributed by atoms with Gasteiger partial charge >= 0.3 is 0 Å². The molecule has 2 aromatic rings. The number of rotatable bonds is 1. The quantitative estimate of drug-likeness (QED) is 0.754. The van der Waals surface area contributed by atoms with Crippen LogP contribution >= 0.6 is 0 Å². The molecular formula is C11H15N5O. The summed E-state index contributed by atoms with van der Waals surface area (Å²) < 4.78 is 1.38. The molecular weight excluding hydrogens is 218 g/mol. The minimum Gasteiger partial charge on any atom is -0.309 e. The van der Waals surface area contributed by atoms with E-state index in [0.717, 1.165) is 18.7 Å². The normalized spacial score (nSPS) is 20.9. The first-order chi connectivity index (χ1) is 8.24. The van der Waals surface area contributed by atoms with Crippen molar-refractivity contribution < 1.29 is 0 Å². The minimum atomic E-state index is -0.0991. The lowest BCUT2D eigenvalue weighted by Gasteiger charge is -2.22. The largest absolute Gasteiger partial charge is 0.309 e. The lowest BCUT2D eigenvalue weighted by Crippen LogP contribution is -2.29. The van der Waals surface area contributed by atoms with Crippen molar-refractivity contribution in [1.82, 2.24) is 24.9 Å². The van der Waals surface area contributed by atoms with Gasteiger partial charge in [0.05, 0.1) is 5.69 Å². The molecule has 3 heterocycles. The Morgan fingerprint density at radius 2 is 2.29 bits per heavy atom. The van der Waals surface area contributed by atoms with Crippen molar-refractivity contribution in [2.45, 2.75) is 32.2 Å². The molecule has 6 nitrogen and oxygen atoms in total. The molecule has 0 spiro atoms. The van der Waals surface area contributed by atoms with E-state index in [9.17, 15) is 4.79 Å². The molecule has 0 bridgehead atoms. The highest BCUT2D eigenvalue weighted by atomic mass is 16.1. The van der Waals surface area contributed by atoms with Gasteiger partial charge in [0.1, 0.15) is 5.82 Å². The smallest absolute Gasteiger partial charge is 0.274 e. The number of fused-ring (bicyclic) bond motifs is 1. The topological polar surface area (TPSA) is 75.1 Å². The van der Waals surface area contributed by atoms with Crippen molar-refractivity contribution in [3.8, 4) is 0 Å². The third kappa shape index (κ3) is 1.84. The predicted molar refractivity (Wildman–Crippen MR) is 62.9 cm³/mol. The van der Waals surface area contributed by atoms with Crippen LogP contribution in [-0.4, -0.2) is 26.1 Å². The second kappa shape index (κ2) is 3.96. The molecule has 2 N–H and O–H groups in total. The Balaban J connectivity index is 2.08. The van der Waals surface area contributed by atoms with Crippen LogP contribution in [0.25, 0.3) is 5.78 Å². The molecule has 1 fully saturated rings. The maximum atomic E-state index is 11.9. The molecule has 1 aliphatic rings. The zero-order valence-corrected chi connectivity index (χ0v) is 9.73. The van der Waals surface area contributed by atoms with Gasteiger partial charge in [0.15, 0.2) is 0 Å². The number of aryl methyl sites for hydroxylation is 1. The highest BCUT2D eigenvalue weighted by molar-refractivity contribution is 5.28. The van der Waals surface area contributed by atoms with E-state index in [1.165, 1.54) is 17.4 Å². The molecule has 17 heavy (non-hydrogen) atoms. The number of nitrogens with one attached hydrogen (secondary N) is 2. The zero-order chi connectivity index (χ0) is 11.8. The van der Waals surface area contributed by atoms with Crippen LogP contribution in [0.2, 0.25) is 0 Å². The van der Waals surface area contributed by atoms with Gasteiger partial charge in [0.25, 0.3) is 11.3 Å². The van der Waals surface area contributed by atoms with E-state index < -0.39 is 0 Å². The third-order valence-corrected chi connectivity index (χ3v) is 3.13. The van der Waals surface area contributed by atoms with Crippen molar-refractivity contribution in [3.05, 3.63) is 27.9 Å². The van der Waals surface area contributed by atoms with E-state index in [1.807, 2.05) is 6.92 Å². The van der Waals surface area contributed by atoms with Crippen LogP contribution < -0.4 is 10.9 Å². The van der Waals surface area contributed by atoms with Gasteiger partial charge in [-0.15, -0.1) is 0 Å². The van der Waals surface area contributed by atoms with E-state index in [4.69, 9.17) is 0 Å². The molecule has 0 saturated carbocycles. The van der Waals surface area contributed by atoms with Gasteiger partial charge in [-0.2, -0.15) is 9.50 Å². The van der Waals surface area contributed by atoms with Crippen molar-refractivity contribution in [2.24, 2.45) is 0 Å². The molecule has 0 radical (unpaired) electrons. The van der Waals surface area contributed by atoms with Crippen molar-refractivity contribution in [2.75, 3.05) is 6.54 Å². The Hall–Kier alpha value is -1.69. The van der Waals surface area contributed by atoms with Crippen LogP contribution in [0.5, 0.6) is 0 Å². The van der Waals surface area contributed by atoms with E-state index >= 15 is 0 Å². The number of nitrogens with zero attached hydrogens (tertiary/aromatic N) is 3. The van der Waals surface area contributed by atoms with E-state index in [0.29, 0.717) is 11.6 Å². The lowest BCUT2D eigenvalue weighted by atomic mass is 10.0. The Kier molecular flexibility index (Phi) is 2.44. The van der Waals surface area contributed by atoms with E-state index in [2.05, 4.69) is 20.4 Å². The second-order valence-electron chi connectivity index (χ2n) is 4.47. The summed E-state index contributed by atoms with van der Waals surface area (Å²) in [6.07, 6.45) is 3.41. The van der Waals surface area contributed by atoms with Gasteiger partial charge < -0.3 is 5.32 Å². The lowest BCUT2D eigenvalue weighted by molar-refractivity contribution is 0.405. The number of aromatic nitrogens is 4. The molecule has 0 amide bonds. The number of piperidine rings is 1. The summed E-state index contributed by atoms with van der Waals surface area (Å²) in [5.74, 6) is 1.15. The van der Waals surface area contributed by atoms with Crippen molar-refractivity contribution in [1.29, 1.82) is 0 Å². The van der Waals surface area contributed by atoms with E-state index in [1.54, 1.807) is 6.07 Å². The number of hydrogen-bond acceptors (Lipinski definition) is 4. The molecule has 1 unspecified atom stereocenters. The Morgan fingerprint density at radius 1 is 1.41 bits per heavy atom. The first kappa shape index (κ1) is 10.5. The molecule has 1 aliphatic heterocycles. The van der Waals surface area contributed by atoms with E-state index in [-0.39, 0.29) is 11.6 Å². The molecule has 0 aliphatic carbocycles. The highest BCUT2D eigenvalue weighted by Gasteiger charge is 2.18. The Labute approximate surface area is 98.1 Å². The highest BCUT2D eigenvalue weighted by Crippen LogP contribution is 2.20. The van der Waals surface area contributed by atoms with Crippen LogP contribution in [-0.2, 0) is 0 Å². The molecule has 1 atom stereocenters. The summed E-state index contributed by atoms with van der Waals surface area (Å²) in [6.45, 7) is 2.80. The summed E-state index contributed by atoms with van der Waals surface area (Å²) in [4.78, 5) is 20.5. The summed E-state index contributed by atoms with van der Waals surface area (Å²) in [5.41, 5.74) is 0.708. The molecule has 0 aromatic carbocycles. The van der Waals surface area contributed by atoms with Crippen LogP contribution in [0.15, 0.2) is 10.9 Å². The van der Waals surface area contributed by atoms with Gasteiger partial charge in [-0.3, -0.25) is 9.89 Å². The van der Waals surface area contributed by atoms with Gasteiger partial charge in [-0.25, -0.2) is 4.98 Å². The fraction of sp³-hybridized carbons (Fsp3) is 0.545.